The quantitative estimate of drug-likeness (QED) is 0.349. The van der Waals surface area contributed by atoms with Crippen LogP contribution in [0, 0.1) is 18.6 Å². The van der Waals surface area contributed by atoms with Gasteiger partial charge in [0.05, 0.1) is 22.3 Å². The average molecular weight is 451 g/mol. The van der Waals surface area contributed by atoms with Gasteiger partial charge in [-0.05, 0) is 42.8 Å². The molecule has 0 atom stereocenters. The number of amides is 1. The van der Waals surface area contributed by atoms with Crippen LogP contribution in [0.1, 0.15) is 11.1 Å². The molecule has 0 radical (unpaired) electrons. The summed E-state index contributed by atoms with van der Waals surface area (Å²) in [5, 5.41) is 3.32. The summed E-state index contributed by atoms with van der Waals surface area (Å²) < 4.78 is 29.3. The number of carbonyl (C=O) groups excluding carboxylic acids is 1. The van der Waals surface area contributed by atoms with Crippen molar-refractivity contribution in [3.63, 3.8) is 0 Å². The van der Waals surface area contributed by atoms with Crippen LogP contribution in [0.3, 0.4) is 0 Å². The molecule has 4 aromatic rings. The number of aromatic nitrogens is 2. The third-order valence-corrected chi connectivity index (χ3v) is 5.86. The van der Waals surface area contributed by atoms with Crippen molar-refractivity contribution in [3.8, 4) is 5.69 Å². The van der Waals surface area contributed by atoms with E-state index in [9.17, 15) is 18.4 Å². The van der Waals surface area contributed by atoms with Crippen LogP contribution in [0.4, 0.5) is 8.78 Å². The predicted molar refractivity (Wildman–Crippen MR) is 121 cm³/mol. The third-order valence-electron chi connectivity index (χ3n) is 4.92. The second kappa shape index (κ2) is 9.32. The number of nitrogens with zero attached hydrogens (tertiary/aromatic N) is 2. The van der Waals surface area contributed by atoms with E-state index in [1.165, 1.54) is 16.7 Å². The Kier molecular flexibility index (Phi) is 6.32. The summed E-state index contributed by atoms with van der Waals surface area (Å²) in [6.45, 7) is 1.68. The summed E-state index contributed by atoms with van der Waals surface area (Å²) in [5.74, 6) is -1.23. The summed E-state index contributed by atoms with van der Waals surface area (Å²) in [6.07, 6.45) is 0. The van der Waals surface area contributed by atoms with Crippen LogP contribution >= 0.6 is 11.8 Å². The highest BCUT2D eigenvalue weighted by molar-refractivity contribution is 7.99. The number of fused-ring (bicyclic) bond motifs is 1. The molecule has 0 aliphatic carbocycles. The second-order valence-corrected chi connectivity index (χ2v) is 8.08. The molecule has 1 aromatic heterocycles. The van der Waals surface area contributed by atoms with E-state index in [0.29, 0.717) is 27.7 Å². The van der Waals surface area contributed by atoms with Crippen molar-refractivity contribution in [1.29, 1.82) is 0 Å². The summed E-state index contributed by atoms with van der Waals surface area (Å²) in [7, 11) is 0. The van der Waals surface area contributed by atoms with Gasteiger partial charge in [-0.2, -0.15) is 0 Å². The number of hydrogen-bond donors (Lipinski definition) is 1. The largest absolute Gasteiger partial charge is 0.351 e. The number of thioether (sulfide) groups is 1. The monoisotopic (exact) mass is 451 g/mol. The lowest BCUT2D eigenvalue weighted by Gasteiger charge is -2.14. The molecule has 0 saturated heterocycles. The molecule has 5 nitrogen and oxygen atoms in total. The standard InChI is InChI=1S/C24H19F2N3O2S/c1-15-10-11-17(12-20(15)26)29-23(31)18-7-3-5-9-21(18)28-24(29)32-14-22(30)27-13-16-6-2-4-8-19(16)25/h2-12H,13-14H2,1H3,(H,27,30). The van der Waals surface area contributed by atoms with E-state index in [0.717, 1.165) is 11.8 Å². The van der Waals surface area contributed by atoms with E-state index < -0.39 is 11.6 Å². The van der Waals surface area contributed by atoms with Crippen molar-refractivity contribution in [1.82, 2.24) is 14.9 Å². The number of para-hydroxylation sites is 1. The second-order valence-electron chi connectivity index (χ2n) is 7.14. The van der Waals surface area contributed by atoms with Crippen molar-refractivity contribution < 1.29 is 13.6 Å². The van der Waals surface area contributed by atoms with Crippen LogP contribution in [0.5, 0.6) is 0 Å². The Bertz CT molecular complexity index is 1370. The minimum absolute atomic E-state index is 0.0480. The van der Waals surface area contributed by atoms with Crippen LogP contribution in [-0.4, -0.2) is 21.2 Å². The molecule has 4 rings (SSSR count). The first-order chi connectivity index (χ1) is 15.4. The van der Waals surface area contributed by atoms with Crippen LogP contribution in [-0.2, 0) is 11.3 Å². The number of halogens is 2. The Hall–Kier alpha value is -3.52. The predicted octanol–water partition coefficient (Wildman–Crippen LogP) is 4.38. The smallest absolute Gasteiger partial charge is 0.266 e. The summed E-state index contributed by atoms with van der Waals surface area (Å²) in [4.78, 5) is 30.1. The van der Waals surface area contributed by atoms with Gasteiger partial charge in [-0.3, -0.25) is 14.2 Å². The molecule has 0 bridgehead atoms. The highest BCUT2D eigenvalue weighted by Gasteiger charge is 2.16. The van der Waals surface area contributed by atoms with E-state index in [4.69, 9.17) is 0 Å². The fraction of sp³-hybridized carbons (Fsp3) is 0.125. The summed E-state index contributed by atoms with van der Waals surface area (Å²) in [6, 6.07) is 17.5. The minimum Gasteiger partial charge on any atom is -0.351 e. The van der Waals surface area contributed by atoms with Gasteiger partial charge in [-0.1, -0.05) is 48.2 Å². The third kappa shape index (κ3) is 4.55. The maximum atomic E-state index is 14.2. The van der Waals surface area contributed by atoms with Crippen molar-refractivity contribution in [2.24, 2.45) is 0 Å². The molecule has 1 heterocycles. The number of hydrogen-bond acceptors (Lipinski definition) is 4. The molecule has 162 valence electrons. The van der Waals surface area contributed by atoms with Gasteiger partial charge in [0.15, 0.2) is 5.16 Å². The van der Waals surface area contributed by atoms with Gasteiger partial charge in [0.1, 0.15) is 11.6 Å². The minimum atomic E-state index is -0.443. The lowest BCUT2D eigenvalue weighted by Crippen LogP contribution is -2.26. The number of rotatable bonds is 6. The van der Waals surface area contributed by atoms with Crippen LogP contribution in [0.25, 0.3) is 16.6 Å². The van der Waals surface area contributed by atoms with Gasteiger partial charge in [-0.15, -0.1) is 0 Å². The van der Waals surface area contributed by atoms with E-state index in [2.05, 4.69) is 10.3 Å². The number of nitrogens with one attached hydrogen (secondary N) is 1. The average Bonchev–Trinajstić information content (AvgIpc) is 2.79. The van der Waals surface area contributed by atoms with E-state index in [-0.39, 0.29) is 28.9 Å². The fourth-order valence-corrected chi connectivity index (χ4v) is 4.02. The Balaban J connectivity index is 1.62. The van der Waals surface area contributed by atoms with Crippen LogP contribution < -0.4 is 10.9 Å². The Morgan fingerprint density at radius 2 is 1.78 bits per heavy atom. The molecule has 0 unspecified atom stereocenters. The molecule has 0 aliphatic heterocycles. The van der Waals surface area contributed by atoms with Gasteiger partial charge >= 0.3 is 0 Å². The first kappa shape index (κ1) is 21.7. The van der Waals surface area contributed by atoms with Gasteiger partial charge in [0.2, 0.25) is 5.91 Å². The van der Waals surface area contributed by atoms with E-state index in [1.54, 1.807) is 61.5 Å². The Morgan fingerprint density at radius 1 is 1.03 bits per heavy atom. The van der Waals surface area contributed by atoms with Crippen molar-refractivity contribution >= 4 is 28.6 Å². The highest BCUT2D eigenvalue weighted by Crippen LogP contribution is 2.22. The molecule has 1 N–H and O–H groups in total. The summed E-state index contributed by atoms with van der Waals surface area (Å²) in [5.41, 5.74) is 1.29. The van der Waals surface area contributed by atoms with Crippen molar-refractivity contribution in [2.75, 3.05) is 5.75 Å². The van der Waals surface area contributed by atoms with E-state index in [1.807, 2.05) is 0 Å². The number of benzene rings is 3. The molecule has 0 aliphatic rings. The fourth-order valence-electron chi connectivity index (χ4n) is 3.17. The lowest BCUT2D eigenvalue weighted by atomic mass is 10.2. The summed E-state index contributed by atoms with van der Waals surface area (Å²) >= 11 is 1.05. The Labute approximate surface area is 187 Å². The molecule has 0 fully saturated rings. The maximum absolute atomic E-state index is 14.2. The molecule has 8 heteroatoms. The topological polar surface area (TPSA) is 64.0 Å². The van der Waals surface area contributed by atoms with E-state index >= 15 is 0 Å². The SMILES string of the molecule is Cc1ccc(-n2c(SCC(=O)NCc3ccccc3F)nc3ccccc3c2=O)cc1F. The molecule has 1 amide bonds. The molecule has 32 heavy (non-hydrogen) atoms. The van der Waals surface area contributed by atoms with Crippen LogP contribution in [0.2, 0.25) is 0 Å². The normalized spacial score (nSPS) is 11.0. The molecule has 0 saturated carbocycles. The first-order valence-electron chi connectivity index (χ1n) is 9.85. The number of aryl methyl sites for hydroxylation is 1. The maximum Gasteiger partial charge on any atom is 0.266 e. The number of carbonyl (C=O) groups is 1. The highest BCUT2D eigenvalue weighted by atomic mass is 32.2. The molecular weight excluding hydrogens is 432 g/mol. The molecular formula is C24H19F2N3O2S. The zero-order valence-corrected chi connectivity index (χ0v) is 18.0. The van der Waals surface area contributed by atoms with Gasteiger partial charge in [-0.25, -0.2) is 13.8 Å². The lowest BCUT2D eigenvalue weighted by molar-refractivity contribution is -0.118. The zero-order chi connectivity index (χ0) is 22.7. The molecule has 3 aromatic carbocycles. The molecule has 0 spiro atoms. The van der Waals surface area contributed by atoms with Crippen molar-refractivity contribution in [3.05, 3.63) is 99.8 Å². The Morgan fingerprint density at radius 3 is 2.56 bits per heavy atom. The van der Waals surface area contributed by atoms with Gasteiger partial charge in [0.25, 0.3) is 5.56 Å². The van der Waals surface area contributed by atoms with Gasteiger partial charge < -0.3 is 5.32 Å². The van der Waals surface area contributed by atoms with Crippen molar-refractivity contribution in [2.45, 2.75) is 18.6 Å². The van der Waals surface area contributed by atoms with Gasteiger partial charge in [0, 0.05) is 12.1 Å². The van der Waals surface area contributed by atoms with Crippen LogP contribution in [0.15, 0.2) is 76.7 Å². The first-order valence-corrected chi connectivity index (χ1v) is 10.8. The zero-order valence-electron chi connectivity index (χ0n) is 17.1.